The Labute approximate surface area is 145 Å². The van der Waals surface area contributed by atoms with Crippen molar-refractivity contribution in [3.05, 3.63) is 71.5 Å². The molecular formula is C20H29FN2O. The third kappa shape index (κ3) is 6.79. The Morgan fingerprint density at radius 3 is 2.17 bits per heavy atom. The second-order valence-electron chi connectivity index (χ2n) is 6.26. The monoisotopic (exact) mass is 332 g/mol. The van der Waals surface area contributed by atoms with Crippen molar-refractivity contribution < 1.29 is 11.0 Å². The lowest BCUT2D eigenvalue weighted by Gasteiger charge is -2.33. The minimum absolute atomic E-state index is 0. The molecule has 0 radical (unpaired) electrons. The first-order valence-electron chi connectivity index (χ1n) is 8.55. The fourth-order valence-electron chi connectivity index (χ4n) is 2.46. The highest BCUT2D eigenvalue weighted by Gasteiger charge is 2.22. The van der Waals surface area contributed by atoms with Crippen molar-refractivity contribution in [2.24, 2.45) is 0 Å². The zero-order valence-electron chi connectivity index (χ0n) is 14.3. The van der Waals surface area contributed by atoms with Crippen molar-refractivity contribution in [2.45, 2.75) is 38.3 Å². The fraction of sp³-hybridized carbons (Fsp3) is 0.400. The van der Waals surface area contributed by atoms with Crippen molar-refractivity contribution in [1.29, 1.82) is 0 Å². The zero-order valence-corrected chi connectivity index (χ0v) is 14.3. The summed E-state index contributed by atoms with van der Waals surface area (Å²) < 4.78 is 13.0. The van der Waals surface area contributed by atoms with Gasteiger partial charge in [-0.25, -0.2) is 9.87 Å². The van der Waals surface area contributed by atoms with Crippen LogP contribution in [0.2, 0.25) is 0 Å². The summed E-state index contributed by atoms with van der Waals surface area (Å²) in [4.78, 5) is 2.16. The van der Waals surface area contributed by atoms with E-state index in [4.69, 9.17) is 5.21 Å². The van der Waals surface area contributed by atoms with Gasteiger partial charge in [0.1, 0.15) is 5.82 Å². The van der Waals surface area contributed by atoms with Crippen LogP contribution in [0.15, 0.2) is 54.6 Å². The smallest absolute Gasteiger partial charge is 0.123 e. The quantitative estimate of drug-likeness (QED) is 0.807. The van der Waals surface area contributed by atoms with Gasteiger partial charge in [-0.2, -0.15) is 0 Å². The highest BCUT2D eigenvalue weighted by Crippen LogP contribution is 2.22. The maximum absolute atomic E-state index is 13.0. The second kappa shape index (κ2) is 10.2. The maximum Gasteiger partial charge on any atom is 0.123 e. The minimum atomic E-state index is -0.186. The number of benzene rings is 2. The topological polar surface area (TPSA) is 35.5 Å². The van der Waals surface area contributed by atoms with E-state index in [1.807, 2.05) is 49.5 Å². The van der Waals surface area contributed by atoms with Crippen molar-refractivity contribution in [3.63, 3.8) is 0 Å². The van der Waals surface area contributed by atoms with Gasteiger partial charge in [0, 0.05) is 20.6 Å². The summed E-state index contributed by atoms with van der Waals surface area (Å²) in [6, 6.07) is 17.2. The van der Waals surface area contributed by atoms with Crippen LogP contribution in [0.1, 0.15) is 31.8 Å². The third-order valence-corrected chi connectivity index (χ3v) is 4.01. The molecule has 132 valence electrons. The fourth-order valence-corrected chi connectivity index (χ4v) is 2.46. The second-order valence-corrected chi connectivity index (χ2v) is 6.26. The number of fused-ring (bicyclic) bond motifs is 1. The van der Waals surface area contributed by atoms with Gasteiger partial charge < -0.3 is 5.21 Å². The van der Waals surface area contributed by atoms with Crippen molar-refractivity contribution in [2.75, 3.05) is 13.6 Å². The number of rotatable bonds is 2. The summed E-state index contributed by atoms with van der Waals surface area (Å²) in [6.07, 6.45) is 5.27. The maximum atomic E-state index is 13.0. The molecule has 24 heavy (non-hydrogen) atoms. The van der Waals surface area contributed by atoms with E-state index in [1.165, 1.54) is 30.9 Å². The highest BCUT2D eigenvalue weighted by atomic mass is 19.1. The van der Waals surface area contributed by atoms with E-state index in [-0.39, 0.29) is 13.3 Å². The molecule has 2 aliphatic rings. The SMILES string of the molecule is C1CC1.CN1Cc2ccc(F)cc2CC1CNO.[HH].c1ccccc1. The Bertz CT molecular complexity index is 566. The molecular weight excluding hydrogens is 303 g/mol. The molecule has 1 heterocycles. The Kier molecular flexibility index (Phi) is 7.89. The van der Waals surface area contributed by atoms with Gasteiger partial charge in [-0.05, 0) is 36.7 Å². The first-order valence-corrected chi connectivity index (χ1v) is 8.55. The van der Waals surface area contributed by atoms with Gasteiger partial charge in [-0.3, -0.25) is 4.90 Å². The van der Waals surface area contributed by atoms with Crippen LogP contribution < -0.4 is 5.48 Å². The molecule has 0 spiro atoms. The lowest BCUT2D eigenvalue weighted by atomic mass is 9.94. The van der Waals surface area contributed by atoms with E-state index in [0.717, 1.165) is 18.5 Å². The van der Waals surface area contributed by atoms with Gasteiger partial charge in [-0.15, -0.1) is 0 Å². The van der Waals surface area contributed by atoms with Crippen LogP contribution in [-0.2, 0) is 13.0 Å². The van der Waals surface area contributed by atoms with Crippen LogP contribution in [0.4, 0.5) is 4.39 Å². The molecule has 2 N–H and O–H groups in total. The lowest BCUT2D eigenvalue weighted by Crippen LogP contribution is -2.43. The zero-order chi connectivity index (χ0) is 17.2. The molecule has 3 nitrogen and oxygen atoms in total. The van der Waals surface area contributed by atoms with E-state index < -0.39 is 0 Å². The molecule has 2 aromatic carbocycles. The number of nitrogens with zero attached hydrogens (tertiary/aromatic N) is 1. The van der Waals surface area contributed by atoms with Crippen LogP contribution in [-0.4, -0.2) is 29.7 Å². The van der Waals surface area contributed by atoms with Gasteiger partial charge in [0.25, 0.3) is 0 Å². The van der Waals surface area contributed by atoms with Crippen LogP contribution in [0, 0.1) is 5.82 Å². The van der Waals surface area contributed by atoms with Crippen molar-refractivity contribution in [3.8, 4) is 0 Å². The number of hydrogen-bond donors (Lipinski definition) is 2. The van der Waals surface area contributed by atoms with E-state index in [1.54, 1.807) is 6.07 Å². The predicted octanol–water partition coefficient (Wildman–Crippen LogP) is 4.26. The summed E-state index contributed by atoms with van der Waals surface area (Å²) >= 11 is 0. The van der Waals surface area contributed by atoms with Crippen molar-refractivity contribution in [1.82, 2.24) is 10.4 Å². The number of hydroxylamine groups is 1. The van der Waals surface area contributed by atoms with Crippen LogP contribution in [0.25, 0.3) is 0 Å². The van der Waals surface area contributed by atoms with Crippen LogP contribution in [0.5, 0.6) is 0 Å². The molecule has 0 amide bonds. The van der Waals surface area contributed by atoms with Gasteiger partial charge in [-0.1, -0.05) is 61.7 Å². The molecule has 4 rings (SSSR count). The molecule has 1 atom stereocenters. The highest BCUT2D eigenvalue weighted by molar-refractivity contribution is 5.30. The molecule has 1 fully saturated rings. The number of hydrogen-bond acceptors (Lipinski definition) is 3. The molecule has 1 unspecified atom stereocenters. The predicted molar refractivity (Wildman–Crippen MR) is 97.6 cm³/mol. The molecule has 4 heteroatoms. The third-order valence-electron chi connectivity index (χ3n) is 4.01. The van der Waals surface area contributed by atoms with E-state index in [0.29, 0.717) is 6.54 Å². The lowest BCUT2D eigenvalue weighted by molar-refractivity contribution is 0.114. The molecule has 0 saturated heterocycles. The summed E-state index contributed by atoms with van der Waals surface area (Å²) in [5.41, 5.74) is 4.40. The Morgan fingerprint density at radius 1 is 1.08 bits per heavy atom. The number of nitrogens with one attached hydrogen (secondary N) is 1. The summed E-state index contributed by atoms with van der Waals surface area (Å²) in [5, 5.41) is 8.69. The number of halogens is 1. The summed E-state index contributed by atoms with van der Waals surface area (Å²) in [7, 11) is 2.01. The standard InChI is InChI=1S/C11H15FN2O.C6H6.C3H6.H2/c1-14-7-8-2-3-10(12)4-9(8)5-11(14)6-13-15;1-2-4-6-5-3-1;1-2-3-1;/h2-4,11,13,15H,5-7H2,1H3;1-6H;1-3H2;1H. The van der Waals surface area contributed by atoms with Gasteiger partial charge in [0.05, 0.1) is 0 Å². The summed E-state index contributed by atoms with van der Waals surface area (Å²) in [6.45, 7) is 1.31. The van der Waals surface area contributed by atoms with Gasteiger partial charge in [0.2, 0.25) is 0 Å². The van der Waals surface area contributed by atoms with Crippen LogP contribution >= 0.6 is 0 Å². The largest absolute Gasteiger partial charge is 0.317 e. The molecule has 2 aromatic rings. The first-order chi connectivity index (χ1) is 11.7. The molecule has 1 aliphatic carbocycles. The van der Waals surface area contributed by atoms with Crippen molar-refractivity contribution >= 4 is 0 Å². The van der Waals surface area contributed by atoms with E-state index in [2.05, 4.69) is 10.4 Å². The molecule has 1 aliphatic heterocycles. The number of likely N-dealkylation sites (N-methyl/N-ethyl adjacent to an activating group) is 1. The molecule has 0 aromatic heterocycles. The Hall–Kier alpha value is -1.75. The normalized spacial score (nSPS) is 18.4. The average molecular weight is 332 g/mol. The molecule has 1 saturated carbocycles. The Morgan fingerprint density at radius 2 is 1.67 bits per heavy atom. The molecule has 0 bridgehead atoms. The Balaban J connectivity index is 0.000000257. The van der Waals surface area contributed by atoms with Gasteiger partial charge >= 0.3 is 0 Å². The van der Waals surface area contributed by atoms with Crippen LogP contribution in [0.3, 0.4) is 0 Å². The van der Waals surface area contributed by atoms with Gasteiger partial charge in [0.15, 0.2) is 0 Å². The average Bonchev–Trinajstić information content (AvgIpc) is 3.47. The first kappa shape index (κ1) is 18.6. The summed E-state index contributed by atoms with van der Waals surface area (Å²) in [5.74, 6) is -0.186. The van der Waals surface area contributed by atoms with E-state index in [9.17, 15) is 4.39 Å². The minimum Gasteiger partial charge on any atom is -0.317 e. The van der Waals surface area contributed by atoms with E-state index >= 15 is 0 Å².